The van der Waals surface area contributed by atoms with E-state index in [1.54, 1.807) is 11.2 Å². The number of alkyl halides is 2. The summed E-state index contributed by atoms with van der Waals surface area (Å²) in [4.78, 5) is 15.5. The molecule has 1 aromatic carbocycles. The zero-order chi connectivity index (χ0) is 20.1. The molecule has 0 radical (unpaired) electrons. The van der Waals surface area contributed by atoms with Gasteiger partial charge in [-0.2, -0.15) is 0 Å². The van der Waals surface area contributed by atoms with Crippen LogP contribution in [0.3, 0.4) is 0 Å². The molecule has 0 N–H and O–H groups in total. The number of aromatic nitrogens is 4. The van der Waals surface area contributed by atoms with Gasteiger partial charge >= 0.3 is 0 Å². The van der Waals surface area contributed by atoms with E-state index in [2.05, 4.69) is 9.97 Å². The number of benzene rings is 1. The van der Waals surface area contributed by atoms with E-state index >= 15 is 0 Å². The number of halogens is 3. The molecule has 148 valence electrons. The van der Waals surface area contributed by atoms with Crippen molar-refractivity contribution < 1.29 is 8.78 Å². The predicted octanol–water partition coefficient (Wildman–Crippen LogP) is 4.67. The van der Waals surface area contributed by atoms with Crippen molar-refractivity contribution in [2.45, 2.75) is 45.1 Å². The van der Waals surface area contributed by atoms with E-state index in [1.165, 1.54) is 0 Å². The van der Waals surface area contributed by atoms with E-state index < -0.39 is 5.92 Å². The second-order valence-corrected chi connectivity index (χ2v) is 8.76. The quantitative estimate of drug-likeness (QED) is 0.635. The molecule has 0 amide bonds. The monoisotopic (exact) mass is 405 g/mol. The number of imidazole rings is 1. The topological polar surface area (TPSA) is 46.8 Å². The fourth-order valence-electron chi connectivity index (χ4n) is 3.30. The van der Waals surface area contributed by atoms with Crippen LogP contribution < -0.4 is 4.90 Å². The minimum absolute atomic E-state index is 0.172. The van der Waals surface area contributed by atoms with E-state index in [-0.39, 0.29) is 24.9 Å². The smallest absolute Gasteiger partial charge is 0.266 e. The number of rotatable bonds is 3. The molecule has 0 atom stereocenters. The third-order valence-corrected chi connectivity index (χ3v) is 5.10. The van der Waals surface area contributed by atoms with Gasteiger partial charge in [0.25, 0.3) is 5.92 Å². The number of hydrogen-bond donors (Lipinski definition) is 0. The normalized spacial score (nSPS) is 16.9. The first-order valence-corrected chi connectivity index (χ1v) is 9.61. The van der Waals surface area contributed by atoms with Gasteiger partial charge in [0.15, 0.2) is 17.0 Å². The molecule has 0 bridgehead atoms. The summed E-state index contributed by atoms with van der Waals surface area (Å²) in [6.07, 6.45) is 1.52. The van der Waals surface area contributed by atoms with Crippen molar-refractivity contribution in [1.82, 2.24) is 19.5 Å². The second kappa shape index (κ2) is 6.65. The first-order chi connectivity index (χ1) is 13.1. The molecule has 4 rings (SSSR count). The summed E-state index contributed by atoms with van der Waals surface area (Å²) >= 11 is 5.97. The summed E-state index contributed by atoms with van der Waals surface area (Å²) in [5, 5.41) is 0.675. The van der Waals surface area contributed by atoms with Gasteiger partial charge in [0.05, 0.1) is 19.4 Å². The summed E-state index contributed by atoms with van der Waals surface area (Å²) in [7, 11) is 0. The Kier molecular flexibility index (Phi) is 4.53. The van der Waals surface area contributed by atoms with Gasteiger partial charge in [-0.05, 0) is 17.7 Å². The van der Waals surface area contributed by atoms with Gasteiger partial charge in [-0.1, -0.05) is 44.5 Å². The van der Waals surface area contributed by atoms with E-state index in [0.717, 1.165) is 5.56 Å². The van der Waals surface area contributed by atoms with Crippen molar-refractivity contribution in [2.24, 2.45) is 0 Å². The number of anilines is 1. The Morgan fingerprint density at radius 1 is 1.14 bits per heavy atom. The van der Waals surface area contributed by atoms with Crippen LogP contribution in [0.25, 0.3) is 11.2 Å². The van der Waals surface area contributed by atoms with Crippen molar-refractivity contribution in [2.75, 3.05) is 18.0 Å². The van der Waals surface area contributed by atoms with Crippen molar-refractivity contribution >= 4 is 28.6 Å². The Labute approximate surface area is 167 Å². The molecule has 0 saturated carbocycles. The maximum Gasteiger partial charge on any atom is 0.266 e. The zero-order valence-corrected chi connectivity index (χ0v) is 16.8. The zero-order valence-electron chi connectivity index (χ0n) is 16.1. The number of nitrogens with zero attached hydrogens (tertiary/aromatic N) is 5. The van der Waals surface area contributed by atoms with Crippen molar-refractivity contribution in [3.63, 3.8) is 0 Å². The summed E-state index contributed by atoms with van der Waals surface area (Å²) in [5.41, 5.74) is 1.94. The second-order valence-electron chi connectivity index (χ2n) is 8.32. The lowest BCUT2D eigenvalue weighted by atomic mass is 9.96. The molecule has 0 spiro atoms. The van der Waals surface area contributed by atoms with Crippen LogP contribution in [-0.4, -0.2) is 38.5 Å². The van der Waals surface area contributed by atoms with Crippen molar-refractivity contribution in [3.8, 4) is 0 Å². The highest BCUT2D eigenvalue weighted by molar-refractivity contribution is 6.30. The molecule has 3 aromatic rings. The number of hydrogen-bond acceptors (Lipinski definition) is 4. The maximum atomic E-state index is 13.8. The molecule has 1 aliphatic heterocycles. The van der Waals surface area contributed by atoms with E-state index in [9.17, 15) is 8.78 Å². The van der Waals surface area contributed by atoms with Gasteiger partial charge in [0.2, 0.25) is 0 Å². The van der Waals surface area contributed by atoms with Crippen molar-refractivity contribution in [1.29, 1.82) is 0 Å². The first kappa shape index (κ1) is 19.1. The molecule has 0 aliphatic carbocycles. The molecule has 1 saturated heterocycles. The molecule has 28 heavy (non-hydrogen) atoms. The van der Waals surface area contributed by atoms with Crippen LogP contribution in [0.15, 0.2) is 30.6 Å². The molecule has 1 aliphatic rings. The highest BCUT2D eigenvalue weighted by Gasteiger charge is 2.40. The van der Waals surface area contributed by atoms with E-state index in [1.807, 2.05) is 49.6 Å². The lowest BCUT2D eigenvalue weighted by Crippen LogP contribution is -2.27. The molecule has 2 aromatic heterocycles. The van der Waals surface area contributed by atoms with Crippen LogP contribution >= 0.6 is 11.6 Å². The highest BCUT2D eigenvalue weighted by atomic mass is 35.5. The maximum absolute atomic E-state index is 13.8. The summed E-state index contributed by atoms with van der Waals surface area (Å²) in [5.74, 6) is -1.60. The third-order valence-electron chi connectivity index (χ3n) is 4.85. The Hall–Kier alpha value is -2.28. The first-order valence-electron chi connectivity index (χ1n) is 9.23. The van der Waals surface area contributed by atoms with E-state index in [0.29, 0.717) is 34.4 Å². The average Bonchev–Trinajstić information content (AvgIpc) is 3.18. The van der Waals surface area contributed by atoms with Crippen LogP contribution in [0.4, 0.5) is 14.6 Å². The Bertz CT molecular complexity index is 1010. The summed E-state index contributed by atoms with van der Waals surface area (Å²) in [6, 6.07) is 7.57. The van der Waals surface area contributed by atoms with Crippen LogP contribution in [0.1, 0.15) is 38.6 Å². The Balaban J connectivity index is 1.81. The van der Waals surface area contributed by atoms with Gasteiger partial charge in [0.1, 0.15) is 5.82 Å². The summed E-state index contributed by atoms with van der Waals surface area (Å²) in [6.45, 7) is 6.51. The third kappa shape index (κ3) is 3.68. The lowest BCUT2D eigenvalue weighted by molar-refractivity contribution is 0.0257. The van der Waals surface area contributed by atoms with Crippen LogP contribution in [0.5, 0.6) is 0 Å². The van der Waals surface area contributed by atoms with E-state index in [4.69, 9.17) is 16.6 Å². The summed E-state index contributed by atoms with van der Waals surface area (Å²) < 4.78 is 29.6. The van der Waals surface area contributed by atoms with Gasteiger partial charge in [0, 0.05) is 23.4 Å². The molecule has 3 heterocycles. The molecule has 5 nitrogen and oxygen atoms in total. The fourth-order valence-corrected chi connectivity index (χ4v) is 3.43. The molecule has 0 unspecified atom stereocenters. The fraction of sp³-hybridized carbons (Fsp3) is 0.450. The van der Waals surface area contributed by atoms with Crippen molar-refractivity contribution in [3.05, 3.63) is 47.0 Å². The van der Waals surface area contributed by atoms with Crippen LogP contribution in [0, 0.1) is 0 Å². The van der Waals surface area contributed by atoms with Gasteiger partial charge in [-0.15, -0.1) is 0 Å². The average molecular weight is 406 g/mol. The largest absolute Gasteiger partial charge is 0.348 e. The molecular weight excluding hydrogens is 384 g/mol. The van der Waals surface area contributed by atoms with Gasteiger partial charge in [-0.3, -0.25) is 0 Å². The van der Waals surface area contributed by atoms with Crippen LogP contribution in [0.2, 0.25) is 5.02 Å². The SMILES string of the molecule is CC(C)(C)c1nc(N2CCC(F)(F)C2)c2ncn(Cc3ccc(Cl)cc3)c2n1. The molecule has 1 fully saturated rings. The molecular formula is C20H22ClF2N5. The van der Waals surface area contributed by atoms with Gasteiger partial charge < -0.3 is 9.47 Å². The minimum Gasteiger partial charge on any atom is -0.348 e. The minimum atomic E-state index is -2.70. The van der Waals surface area contributed by atoms with Gasteiger partial charge in [-0.25, -0.2) is 23.7 Å². The highest BCUT2D eigenvalue weighted by Crippen LogP contribution is 2.34. The number of fused-ring (bicyclic) bond motifs is 1. The standard InChI is InChI=1S/C20H22ClF2N5/c1-19(2,3)18-25-16(27-9-8-20(22,23)11-27)15-17(26-18)28(12-24-15)10-13-4-6-14(21)7-5-13/h4-7,12H,8-11H2,1-3H3. The molecule has 8 heteroatoms. The Morgan fingerprint density at radius 2 is 1.86 bits per heavy atom. The Morgan fingerprint density at radius 3 is 2.46 bits per heavy atom. The lowest BCUT2D eigenvalue weighted by Gasteiger charge is -2.22. The van der Waals surface area contributed by atoms with Crippen LogP contribution in [-0.2, 0) is 12.0 Å². The predicted molar refractivity (Wildman–Crippen MR) is 106 cm³/mol.